The van der Waals surface area contributed by atoms with Crippen LogP contribution in [0.2, 0.25) is 0 Å². The minimum atomic E-state index is -0.313. The Morgan fingerprint density at radius 1 is 1.23 bits per heavy atom. The van der Waals surface area contributed by atoms with E-state index in [0.29, 0.717) is 25.5 Å². The molecule has 1 aliphatic rings. The molecule has 6 heteroatoms. The maximum Gasteiger partial charge on any atom is 0.223 e. The van der Waals surface area contributed by atoms with Gasteiger partial charge < -0.3 is 19.5 Å². The molecule has 1 fully saturated rings. The van der Waals surface area contributed by atoms with Gasteiger partial charge in [-0.2, -0.15) is 0 Å². The van der Waals surface area contributed by atoms with Gasteiger partial charge in [0.25, 0.3) is 0 Å². The maximum absolute atomic E-state index is 11.9. The quantitative estimate of drug-likeness (QED) is 0.731. The second-order valence-electron chi connectivity index (χ2n) is 5.77. The van der Waals surface area contributed by atoms with E-state index in [-0.39, 0.29) is 17.8 Å². The lowest BCUT2D eigenvalue weighted by atomic mass is 10.2. The SMILES string of the molecule is Cc1cc(=O)c(O)c(CN2CCOCC2)n1CCCCCO. The number of aromatic hydroxyl groups is 1. The van der Waals surface area contributed by atoms with Crippen LogP contribution in [0.25, 0.3) is 0 Å². The van der Waals surface area contributed by atoms with Crippen LogP contribution in [0.5, 0.6) is 5.75 Å². The first kappa shape index (κ1) is 17.0. The second kappa shape index (κ2) is 8.31. The van der Waals surface area contributed by atoms with Gasteiger partial charge in [-0.25, -0.2) is 0 Å². The third-order valence-electron chi connectivity index (χ3n) is 4.12. The summed E-state index contributed by atoms with van der Waals surface area (Å²) in [5.41, 5.74) is 1.25. The molecule has 1 saturated heterocycles. The van der Waals surface area contributed by atoms with Gasteiger partial charge in [0.15, 0.2) is 5.75 Å². The number of aromatic nitrogens is 1. The molecule has 1 aromatic heterocycles. The molecule has 0 unspecified atom stereocenters. The van der Waals surface area contributed by atoms with Crippen LogP contribution in [-0.4, -0.2) is 52.6 Å². The number of rotatable bonds is 7. The molecule has 22 heavy (non-hydrogen) atoms. The lowest BCUT2D eigenvalue weighted by molar-refractivity contribution is 0.0326. The standard InChI is InChI=1S/C16H26N2O4/c1-13-11-15(20)16(21)14(12-17-6-9-22-10-7-17)18(13)5-3-2-4-8-19/h11,19,21H,2-10,12H2,1H3. The summed E-state index contributed by atoms with van der Waals surface area (Å²) < 4.78 is 7.37. The molecule has 0 saturated carbocycles. The fourth-order valence-electron chi connectivity index (χ4n) is 2.82. The lowest BCUT2D eigenvalue weighted by Gasteiger charge is -2.28. The zero-order valence-corrected chi connectivity index (χ0v) is 13.3. The fourth-order valence-corrected chi connectivity index (χ4v) is 2.82. The number of hydrogen-bond acceptors (Lipinski definition) is 5. The number of hydrogen-bond donors (Lipinski definition) is 2. The average Bonchev–Trinajstić information content (AvgIpc) is 2.52. The number of ether oxygens (including phenoxy) is 1. The van der Waals surface area contributed by atoms with Gasteiger partial charge in [0.1, 0.15) is 0 Å². The molecule has 0 aromatic carbocycles. The van der Waals surface area contributed by atoms with Gasteiger partial charge in [-0.15, -0.1) is 0 Å². The van der Waals surface area contributed by atoms with E-state index in [4.69, 9.17) is 9.84 Å². The highest BCUT2D eigenvalue weighted by atomic mass is 16.5. The van der Waals surface area contributed by atoms with Gasteiger partial charge in [0, 0.05) is 44.5 Å². The first-order valence-corrected chi connectivity index (χ1v) is 7.96. The van der Waals surface area contributed by atoms with Crippen LogP contribution in [0, 0.1) is 6.92 Å². The molecule has 2 rings (SSSR count). The Bertz CT molecular complexity index is 536. The first-order valence-electron chi connectivity index (χ1n) is 7.96. The molecule has 0 bridgehead atoms. The molecule has 0 amide bonds. The molecule has 0 aliphatic carbocycles. The summed E-state index contributed by atoms with van der Waals surface area (Å²) in [5, 5.41) is 19.1. The van der Waals surface area contributed by atoms with Gasteiger partial charge in [-0.05, 0) is 26.2 Å². The summed E-state index contributed by atoms with van der Waals surface area (Å²) in [7, 11) is 0. The first-order chi connectivity index (χ1) is 10.6. The van der Waals surface area contributed by atoms with Crippen molar-refractivity contribution in [2.24, 2.45) is 0 Å². The molecule has 2 heterocycles. The zero-order chi connectivity index (χ0) is 15.9. The van der Waals surface area contributed by atoms with E-state index in [2.05, 4.69) is 4.90 Å². The van der Waals surface area contributed by atoms with Gasteiger partial charge >= 0.3 is 0 Å². The van der Waals surface area contributed by atoms with E-state index in [0.717, 1.165) is 44.6 Å². The summed E-state index contributed by atoms with van der Waals surface area (Å²) in [5.74, 6) is -0.140. The van der Waals surface area contributed by atoms with Crippen molar-refractivity contribution in [2.45, 2.75) is 39.3 Å². The number of unbranched alkanes of at least 4 members (excludes halogenated alkanes) is 2. The Hall–Kier alpha value is -1.37. The predicted octanol–water partition coefficient (Wildman–Crippen LogP) is 0.857. The van der Waals surface area contributed by atoms with Gasteiger partial charge in [0.2, 0.25) is 5.43 Å². The Labute approximate surface area is 130 Å². The van der Waals surface area contributed by atoms with E-state index in [1.807, 2.05) is 11.5 Å². The number of pyridine rings is 1. The second-order valence-corrected chi connectivity index (χ2v) is 5.77. The van der Waals surface area contributed by atoms with Crippen molar-refractivity contribution in [2.75, 3.05) is 32.9 Å². The Balaban J connectivity index is 2.18. The third-order valence-corrected chi connectivity index (χ3v) is 4.12. The van der Waals surface area contributed by atoms with Crippen molar-refractivity contribution in [3.05, 3.63) is 27.7 Å². The maximum atomic E-state index is 11.9. The van der Waals surface area contributed by atoms with Crippen LogP contribution < -0.4 is 5.43 Å². The van der Waals surface area contributed by atoms with Crippen LogP contribution in [0.4, 0.5) is 0 Å². The topological polar surface area (TPSA) is 74.9 Å². The van der Waals surface area contributed by atoms with E-state index in [1.165, 1.54) is 6.07 Å². The molecular formula is C16H26N2O4. The van der Waals surface area contributed by atoms with Crippen molar-refractivity contribution in [1.82, 2.24) is 9.47 Å². The van der Waals surface area contributed by atoms with E-state index in [1.54, 1.807) is 0 Å². The third kappa shape index (κ3) is 4.32. The Morgan fingerprint density at radius 3 is 2.64 bits per heavy atom. The number of morpholine rings is 1. The number of aliphatic hydroxyl groups is 1. The lowest BCUT2D eigenvalue weighted by Crippen LogP contribution is -2.37. The highest BCUT2D eigenvalue weighted by Gasteiger charge is 2.18. The number of aliphatic hydroxyl groups excluding tert-OH is 1. The van der Waals surface area contributed by atoms with Crippen LogP contribution in [0.3, 0.4) is 0 Å². The minimum Gasteiger partial charge on any atom is -0.503 e. The normalized spacial score (nSPS) is 16.1. The molecule has 2 N–H and O–H groups in total. The summed E-state index contributed by atoms with van der Waals surface area (Å²) in [4.78, 5) is 14.1. The largest absolute Gasteiger partial charge is 0.503 e. The van der Waals surface area contributed by atoms with Crippen LogP contribution >= 0.6 is 0 Å². The van der Waals surface area contributed by atoms with E-state index in [9.17, 15) is 9.90 Å². The minimum absolute atomic E-state index is 0.140. The van der Waals surface area contributed by atoms with Crippen molar-refractivity contribution in [1.29, 1.82) is 0 Å². The number of nitrogens with zero attached hydrogens (tertiary/aromatic N) is 2. The summed E-state index contributed by atoms with van der Waals surface area (Å²) in [6, 6.07) is 1.49. The molecular weight excluding hydrogens is 284 g/mol. The molecule has 124 valence electrons. The summed E-state index contributed by atoms with van der Waals surface area (Å²) in [6.45, 7) is 6.41. The Kier molecular flexibility index (Phi) is 6.42. The van der Waals surface area contributed by atoms with Crippen molar-refractivity contribution < 1.29 is 14.9 Å². The smallest absolute Gasteiger partial charge is 0.223 e. The summed E-state index contributed by atoms with van der Waals surface area (Å²) in [6.07, 6.45) is 2.63. The molecule has 1 aromatic rings. The van der Waals surface area contributed by atoms with Crippen LogP contribution in [0.15, 0.2) is 10.9 Å². The molecule has 0 radical (unpaired) electrons. The van der Waals surface area contributed by atoms with Crippen LogP contribution in [0.1, 0.15) is 30.7 Å². The molecule has 0 atom stereocenters. The van der Waals surface area contributed by atoms with Crippen LogP contribution in [-0.2, 0) is 17.8 Å². The fraction of sp³-hybridized carbons (Fsp3) is 0.688. The van der Waals surface area contributed by atoms with Gasteiger partial charge in [-0.1, -0.05) is 0 Å². The van der Waals surface area contributed by atoms with Gasteiger partial charge in [-0.3, -0.25) is 9.69 Å². The summed E-state index contributed by atoms with van der Waals surface area (Å²) >= 11 is 0. The highest BCUT2D eigenvalue weighted by molar-refractivity contribution is 5.29. The monoisotopic (exact) mass is 310 g/mol. The molecule has 1 aliphatic heterocycles. The van der Waals surface area contributed by atoms with Crippen molar-refractivity contribution in [3.63, 3.8) is 0 Å². The Morgan fingerprint density at radius 2 is 1.95 bits per heavy atom. The van der Waals surface area contributed by atoms with Gasteiger partial charge in [0.05, 0.1) is 18.9 Å². The highest BCUT2D eigenvalue weighted by Crippen LogP contribution is 2.18. The van der Waals surface area contributed by atoms with E-state index >= 15 is 0 Å². The van der Waals surface area contributed by atoms with E-state index < -0.39 is 0 Å². The van der Waals surface area contributed by atoms with Crippen molar-refractivity contribution >= 4 is 0 Å². The predicted molar refractivity (Wildman–Crippen MR) is 84.1 cm³/mol. The average molecular weight is 310 g/mol. The molecule has 0 spiro atoms. The zero-order valence-electron chi connectivity index (χ0n) is 13.3. The van der Waals surface area contributed by atoms with Crippen molar-refractivity contribution in [3.8, 4) is 5.75 Å². The number of aryl methyl sites for hydroxylation is 1. The molecule has 6 nitrogen and oxygen atoms in total.